The van der Waals surface area contributed by atoms with E-state index in [2.05, 4.69) is 5.32 Å². The number of ether oxygens (including phenoxy) is 1. The minimum absolute atomic E-state index is 0.251. The van der Waals surface area contributed by atoms with Crippen molar-refractivity contribution in [3.05, 3.63) is 41.5 Å². The summed E-state index contributed by atoms with van der Waals surface area (Å²) < 4.78 is 5.15. The van der Waals surface area contributed by atoms with Gasteiger partial charge in [-0.2, -0.15) is 0 Å². The van der Waals surface area contributed by atoms with Crippen LogP contribution in [0.3, 0.4) is 0 Å². The monoisotopic (exact) mass is 335 g/mol. The molecule has 5 nitrogen and oxygen atoms in total. The van der Waals surface area contributed by atoms with E-state index in [9.17, 15) is 15.0 Å². The zero-order valence-corrected chi connectivity index (χ0v) is 15.1. The molecule has 0 fully saturated rings. The van der Waals surface area contributed by atoms with Crippen LogP contribution >= 0.6 is 0 Å². The average molecular weight is 335 g/mol. The Kier molecular flexibility index (Phi) is 7.45. The van der Waals surface area contributed by atoms with E-state index in [0.29, 0.717) is 0 Å². The van der Waals surface area contributed by atoms with Crippen LogP contribution in [-0.2, 0) is 4.74 Å². The Morgan fingerprint density at radius 1 is 1.29 bits per heavy atom. The van der Waals surface area contributed by atoms with E-state index in [4.69, 9.17) is 4.74 Å². The van der Waals surface area contributed by atoms with Gasteiger partial charge in [0.05, 0.1) is 18.8 Å². The number of nitrogens with one attached hydrogen (secondary N) is 1. The third kappa shape index (κ3) is 7.15. The van der Waals surface area contributed by atoms with Gasteiger partial charge < -0.3 is 20.3 Å². The van der Waals surface area contributed by atoms with Gasteiger partial charge in [0.25, 0.3) is 0 Å². The van der Waals surface area contributed by atoms with Crippen LogP contribution in [0.5, 0.6) is 0 Å². The summed E-state index contributed by atoms with van der Waals surface area (Å²) in [5.41, 5.74) is 1.58. The van der Waals surface area contributed by atoms with Gasteiger partial charge in [0.1, 0.15) is 5.60 Å². The maximum atomic E-state index is 11.8. The number of aliphatic hydroxyl groups is 2. The highest BCUT2D eigenvalue weighted by molar-refractivity contribution is 5.68. The summed E-state index contributed by atoms with van der Waals surface area (Å²) in [7, 11) is 0. The number of rotatable bonds is 6. The van der Waals surface area contributed by atoms with Gasteiger partial charge in [0.2, 0.25) is 0 Å². The quantitative estimate of drug-likeness (QED) is 0.747. The number of amides is 1. The molecule has 0 heterocycles. The van der Waals surface area contributed by atoms with E-state index in [1.165, 1.54) is 5.56 Å². The van der Waals surface area contributed by atoms with Crippen molar-refractivity contribution in [3.63, 3.8) is 0 Å². The number of alkyl carbamates (subject to hydrolysis) is 1. The van der Waals surface area contributed by atoms with Gasteiger partial charge in [-0.05, 0) is 33.3 Å². The Balaban J connectivity index is 2.65. The lowest BCUT2D eigenvalue weighted by Gasteiger charge is -2.27. The summed E-state index contributed by atoms with van der Waals surface area (Å²) in [5, 5.41) is 22.3. The van der Waals surface area contributed by atoms with Gasteiger partial charge in [-0.1, -0.05) is 48.9 Å². The van der Waals surface area contributed by atoms with Crippen LogP contribution in [0.15, 0.2) is 30.3 Å². The SMILES string of the molecule is Cc1ccc(/C=C/C(C)[C@H](O)[C@@H](CO)NC(=O)OC(C)(C)C)cc1. The van der Waals surface area contributed by atoms with Crippen LogP contribution in [0, 0.1) is 12.8 Å². The third-order valence-electron chi connectivity index (χ3n) is 3.52. The molecule has 1 rings (SSSR count). The molecule has 0 spiro atoms. The molecular weight excluding hydrogens is 306 g/mol. The highest BCUT2D eigenvalue weighted by atomic mass is 16.6. The van der Waals surface area contributed by atoms with Crippen LogP contribution in [0.4, 0.5) is 4.79 Å². The van der Waals surface area contributed by atoms with E-state index in [1.807, 2.05) is 50.3 Å². The smallest absolute Gasteiger partial charge is 0.408 e. The zero-order valence-electron chi connectivity index (χ0n) is 15.1. The number of hydrogen-bond donors (Lipinski definition) is 3. The van der Waals surface area contributed by atoms with Gasteiger partial charge in [-0.3, -0.25) is 0 Å². The van der Waals surface area contributed by atoms with Gasteiger partial charge >= 0.3 is 6.09 Å². The first-order valence-electron chi connectivity index (χ1n) is 8.15. The Labute approximate surface area is 144 Å². The molecule has 0 aliphatic rings. The van der Waals surface area contributed by atoms with Crippen LogP contribution < -0.4 is 5.32 Å². The summed E-state index contributed by atoms with van der Waals surface area (Å²) >= 11 is 0. The van der Waals surface area contributed by atoms with Crippen molar-refractivity contribution in [2.45, 2.75) is 52.4 Å². The van der Waals surface area contributed by atoms with Gasteiger partial charge in [0, 0.05) is 5.92 Å². The maximum Gasteiger partial charge on any atom is 0.408 e. The summed E-state index contributed by atoms with van der Waals surface area (Å²) in [6.07, 6.45) is 2.18. The molecule has 3 N–H and O–H groups in total. The fraction of sp³-hybridized carbons (Fsp3) is 0.526. The van der Waals surface area contributed by atoms with Gasteiger partial charge in [-0.25, -0.2) is 4.79 Å². The largest absolute Gasteiger partial charge is 0.444 e. The Morgan fingerprint density at radius 2 is 1.88 bits per heavy atom. The molecule has 1 amide bonds. The molecule has 0 radical (unpaired) electrons. The van der Waals surface area contributed by atoms with Crippen LogP contribution in [-0.4, -0.2) is 40.7 Å². The van der Waals surface area contributed by atoms with Crippen molar-refractivity contribution in [2.75, 3.05) is 6.61 Å². The van der Waals surface area contributed by atoms with Crippen molar-refractivity contribution in [1.29, 1.82) is 0 Å². The topological polar surface area (TPSA) is 78.8 Å². The van der Waals surface area contributed by atoms with E-state index < -0.39 is 23.8 Å². The molecule has 0 saturated carbocycles. The number of hydrogen-bond acceptors (Lipinski definition) is 4. The number of carbonyl (C=O) groups is 1. The van der Waals surface area contributed by atoms with Crippen molar-refractivity contribution in [2.24, 2.45) is 5.92 Å². The molecule has 0 aliphatic heterocycles. The summed E-state index contributed by atoms with van der Waals surface area (Å²) in [6.45, 7) is 8.74. The van der Waals surface area contributed by atoms with E-state index in [1.54, 1.807) is 20.8 Å². The standard InChI is InChI=1S/C19H29NO4/c1-13-6-9-15(10-7-13)11-8-14(2)17(22)16(12-21)20-18(23)24-19(3,4)5/h6-11,14,16-17,21-22H,12H2,1-5H3,(H,20,23)/b11-8+/t14?,16-,17+/m1/s1. The summed E-state index contributed by atoms with van der Waals surface area (Å²) in [4.78, 5) is 11.8. The number of carbonyl (C=O) groups excluding carboxylic acids is 1. The Bertz CT molecular complexity index is 545. The van der Waals surface area contributed by atoms with Crippen molar-refractivity contribution in [3.8, 4) is 0 Å². The van der Waals surface area contributed by atoms with Crippen molar-refractivity contribution < 1.29 is 19.7 Å². The van der Waals surface area contributed by atoms with Crippen LogP contribution in [0.1, 0.15) is 38.8 Å². The third-order valence-corrected chi connectivity index (χ3v) is 3.52. The number of aliphatic hydroxyl groups excluding tert-OH is 2. The molecule has 0 aromatic heterocycles. The van der Waals surface area contributed by atoms with E-state index in [-0.39, 0.29) is 12.5 Å². The van der Waals surface area contributed by atoms with E-state index >= 15 is 0 Å². The number of benzene rings is 1. The first-order valence-corrected chi connectivity index (χ1v) is 8.15. The minimum Gasteiger partial charge on any atom is -0.444 e. The first kappa shape index (κ1) is 20.2. The fourth-order valence-electron chi connectivity index (χ4n) is 2.12. The summed E-state index contributed by atoms with van der Waals surface area (Å²) in [5.74, 6) is -0.251. The van der Waals surface area contributed by atoms with Crippen molar-refractivity contribution >= 4 is 12.2 Å². The molecule has 5 heteroatoms. The average Bonchev–Trinajstić information content (AvgIpc) is 2.49. The summed E-state index contributed by atoms with van der Waals surface area (Å²) in [6, 6.07) is 7.22. The molecule has 3 atom stereocenters. The second-order valence-corrected chi connectivity index (χ2v) is 7.05. The molecule has 1 aromatic rings. The lowest BCUT2D eigenvalue weighted by Crippen LogP contribution is -2.49. The van der Waals surface area contributed by atoms with E-state index in [0.717, 1.165) is 5.56 Å². The normalized spacial score (nSPS) is 15.8. The van der Waals surface area contributed by atoms with Gasteiger partial charge in [-0.15, -0.1) is 0 Å². The maximum absolute atomic E-state index is 11.8. The van der Waals surface area contributed by atoms with Crippen molar-refractivity contribution in [1.82, 2.24) is 5.32 Å². The first-order chi connectivity index (χ1) is 11.1. The molecular formula is C19H29NO4. The molecule has 1 unspecified atom stereocenters. The molecule has 1 aromatic carbocycles. The number of aryl methyl sites for hydroxylation is 1. The highest BCUT2D eigenvalue weighted by Crippen LogP contribution is 2.14. The lowest BCUT2D eigenvalue weighted by atomic mass is 9.97. The molecule has 24 heavy (non-hydrogen) atoms. The Hall–Kier alpha value is -1.85. The zero-order chi connectivity index (χ0) is 18.3. The van der Waals surface area contributed by atoms with Crippen LogP contribution in [0.25, 0.3) is 6.08 Å². The molecule has 0 aliphatic carbocycles. The Morgan fingerprint density at radius 3 is 2.38 bits per heavy atom. The second kappa shape index (κ2) is 8.85. The molecule has 0 bridgehead atoms. The van der Waals surface area contributed by atoms with Gasteiger partial charge in [0.15, 0.2) is 0 Å². The van der Waals surface area contributed by atoms with Crippen LogP contribution in [0.2, 0.25) is 0 Å². The fourth-order valence-corrected chi connectivity index (χ4v) is 2.12. The molecule has 134 valence electrons. The highest BCUT2D eigenvalue weighted by Gasteiger charge is 2.26. The lowest BCUT2D eigenvalue weighted by molar-refractivity contribution is 0.0284. The predicted molar refractivity (Wildman–Crippen MR) is 95.6 cm³/mol. The second-order valence-electron chi connectivity index (χ2n) is 7.05. The predicted octanol–water partition coefficient (Wildman–Crippen LogP) is 2.89. The molecule has 0 saturated heterocycles. The minimum atomic E-state index is -0.927.